The molecular weight excluding hydrogens is 316 g/mol. The number of hydrogen-bond donors (Lipinski definition) is 0. The van der Waals surface area contributed by atoms with Crippen molar-refractivity contribution in [3.63, 3.8) is 0 Å². The Balaban J connectivity index is 1.89. The second kappa shape index (κ2) is 6.32. The molecule has 0 aliphatic heterocycles. The van der Waals surface area contributed by atoms with E-state index in [2.05, 4.69) is 26.6 Å². The summed E-state index contributed by atoms with van der Waals surface area (Å²) in [4.78, 5) is 21.3. The second-order valence-corrected chi connectivity index (χ2v) is 5.75. The van der Waals surface area contributed by atoms with Crippen LogP contribution in [0.5, 0.6) is 0 Å². The van der Waals surface area contributed by atoms with Gasteiger partial charge in [0.15, 0.2) is 0 Å². The van der Waals surface area contributed by atoms with Crippen LogP contribution in [-0.4, -0.2) is 19.7 Å². The molecule has 3 heterocycles. The first-order valence-electron chi connectivity index (χ1n) is 8.14. The molecule has 0 saturated carbocycles. The molecular formula is C19H16N4O2. The number of nitrogens with zero attached hydrogens (tertiary/aromatic N) is 4. The normalized spacial score (nSPS) is 11.1. The number of aromatic nitrogens is 4. The summed E-state index contributed by atoms with van der Waals surface area (Å²) >= 11 is 0. The molecule has 4 rings (SSSR count). The molecule has 0 saturated heterocycles. The summed E-state index contributed by atoms with van der Waals surface area (Å²) < 4.78 is 7.42. The molecule has 25 heavy (non-hydrogen) atoms. The van der Waals surface area contributed by atoms with E-state index in [1.807, 2.05) is 30.3 Å². The van der Waals surface area contributed by atoms with Crippen LogP contribution in [0.4, 0.5) is 0 Å². The van der Waals surface area contributed by atoms with Crippen LogP contribution in [0, 0.1) is 0 Å². The molecule has 0 aliphatic rings. The van der Waals surface area contributed by atoms with Gasteiger partial charge in [0.05, 0.1) is 5.52 Å². The maximum atomic E-state index is 12.9. The minimum absolute atomic E-state index is 0.107. The van der Waals surface area contributed by atoms with Crippen molar-refractivity contribution in [3.05, 3.63) is 65.2 Å². The fourth-order valence-corrected chi connectivity index (χ4v) is 2.87. The van der Waals surface area contributed by atoms with E-state index in [1.54, 1.807) is 24.7 Å². The highest BCUT2D eigenvalue weighted by molar-refractivity contribution is 5.82. The Kier molecular flexibility index (Phi) is 3.85. The van der Waals surface area contributed by atoms with Crippen molar-refractivity contribution in [2.24, 2.45) is 0 Å². The summed E-state index contributed by atoms with van der Waals surface area (Å²) in [5, 5.41) is 4.63. The first-order valence-corrected chi connectivity index (χ1v) is 8.14. The number of para-hydroxylation sites is 1. The zero-order valence-corrected chi connectivity index (χ0v) is 13.7. The molecule has 6 nitrogen and oxygen atoms in total. The van der Waals surface area contributed by atoms with Gasteiger partial charge in [0, 0.05) is 36.1 Å². The molecule has 0 atom stereocenters. The van der Waals surface area contributed by atoms with E-state index in [4.69, 9.17) is 4.52 Å². The van der Waals surface area contributed by atoms with Crippen molar-refractivity contribution in [1.82, 2.24) is 19.7 Å². The molecule has 6 heteroatoms. The van der Waals surface area contributed by atoms with Crippen molar-refractivity contribution < 1.29 is 4.52 Å². The largest absolute Gasteiger partial charge is 0.346 e. The number of hydrogen-bond acceptors (Lipinski definition) is 5. The molecule has 3 aromatic heterocycles. The first-order chi connectivity index (χ1) is 12.3. The number of rotatable bonds is 4. The lowest BCUT2D eigenvalue weighted by molar-refractivity contribution is 0.431. The fraction of sp³-hybridized carbons (Fsp3) is 0.158. The van der Waals surface area contributed by atoms with E-state index in [1.165, 1.54) is 0 Å². The topological polar surface area (TPSA) is 73.8 Å². The van der Waals surface area contributed by atoms with Crippen molar-refractivity contribution in [3.8, 4) is 22.8 Å². The van der Waals surface area contributed by atoms with Gasteiger partial charge in [-0.05, 0) is 30.7 Å². The third-order valence-electron chi connectivity index (χ3n) is 4.03. The quantitative estimate of drug-likeness (QED) is 0.571. The predicted octanol–water partition coefficient (Wildman–Crippen LogP) is 3.52. The van der Waals surface area contributed by atoms with Gasteiger partial charge >= 0.3 is 0 Å². The standard InChI is InChI=1S/C19H16N4O2/c1-2-10-23-12-15(17(24)14-7-3-4-8-16(14)23)19-21-18(22-25-19)13-6-5-9-20-11-13/h3-9,11-12H,2,10H2,1H3. The van der Waals surface area contributed by atoms with E-state index in [0.29, 0.717) is 16.8 Å². The van der Waals surface area contributed by atoms with Gasteiger partial charge in [0.2, 0.25) is 11.3 Å². The second-order valence-electron chi connectivity index (χ2n) is 5.75. The number of benzene rings is 1. The summed E-state index contributed by atoms with van der Waals surface area (Å²) in [6.07, 6.45) is 6.09. The highest BCUT2D eigenvalue weighted by Gasteiger charge is 2.17. The maximum absolute atomic E-state index is 12.9. The van der Waals surface area contributed by atoms with E-state index in [0.717, 1.165) is 24.0 Å². The van der Waals surface area contributed by atoms with Crippen LogP contribution < -0.4 is 5.43 Å². The van der Waals surface area contributed by atoms with Crippen LogP contribution in [0.1, 0.15) is 13.3 Å². The van der Waals surface area contributed by atoms with Gasteiger partial charge < -0.3 is 9.09 Å². The van der Waals surface area contributed by atoms with E-state index < -0.39 is 0 Å². The fourth-order valence-electron chi connectivity index (χ4n) is 2.87. The van der Waals surface area contributed by atoms with E-state index in [9.17, 15) is 4.79 Å². The molecule has 1 aromatic carbocycles. The Morgan fingerprint density at radius 2 is 2.04 bits per heavy atom. The SMILES string of the molecule is CCCn1cc(-c2nc(-c3cccnc3)no2)c(=O)c2ccccc21. The van der Waals surface area contributed by atoms with Crippen LogP contribution in [-0.2, 0) is 6.54 Å². The van der Waals surface area contributed by atoms with E-state index in [-0.39, 0.29) is 11.3 Å². The molecule has 0 spiro atoms. The number of pyridine rings is 2. The molecule has 0 N–H and O–H groups in total. The zero-order valence-electron chi connectivity index (χ0n) is 13.7. The van der Waals surface area contributed by atoms with Crippen LogP contribution in [0.3, 0.4) is 0 Å². The van der Waals surface area contributed by atoms with Gasteiger partial charge in [-0.15, -0.1) is 0 Å². The Labute approximate surface area is 143 Å². The Bertz CT molecular complexity index is 1080. The molecule has 4 aromatic rings. The van der Waals surface area contributed by atoms with Gasteiger partial charge in [-0.25, -0.2) is 0 Å². The molecule has 0 bridgehead atoms. The summed E-state index contributed by atoms with van der Waals surface area (Å²) in [6, 6.07) is 11.2. The summed E-state index contributed by atoms with van der Waals surface area (Å²) in [5.41, 5.74) is 1.96. The van der Waals surface area contributed by atoms with Crippen LogP contribution >= 0.6 is 0 Å². The summed E-state index contributed by atoms with van der Waals surface area (Å²) in [5.74, 6) is 0.636. The van der Waals surface area contributed by atoms with Gasteiger partial charge in [-0.3, -0.25) is 9.78 Å². The smallest absolute Gasteiger partial charge is 0.263 e. The van der Waals surface area contributed by atoms with Crippen LogP contribution in [0.2, 0.25) is 0 Å². The minimum atomic E-state index is -0.107. The molecule has 0 radical (unpaired) electrons. The van der Waals surface area contributed by atoms with Crippen molar-refractivity contribution >= 4 is 10.9 Å². The highest BCUT2D eigenvalue weighted by Crippen LogP contribution is 2.22. The summed E-state index contributed by atoms with van der Waals surface area (Å²) in [6.45, 7) is 2.90. The lowest BCUT2D eigenvalue weighted by Gasteiger charge is -2.10. The molecule has 0 fully saturated rings. The number of fused-ring (bicyclic) bond motifs is 1. The van der Waals surface area contributed by atoms with Gasteiger partial charge in [-0.2, -0.15) is 4.98 Å². The molecule has 124 valence electrons. The van der Waals surface area contributed by atoms with Crippen molar-refractivity contribution in [1.29, 1.82) is 0 Å². The number of aryl methyl sites for hydroxylation is 1. The average Bonchev–Trinajstić information content (AvgIpc) is 3.15. The summed E-state index contributed by atoms with van der Waals surface area (Å²) in [7, 11) is 0. The third-order valence-corrected chi connectivity index (χ3v) is 4.03. The van der Waals surface area contributed by atoms with Gasteiger partial charge in [-0.1, -0.05) is 24.2 Å². The van der Waals surface area contributed by atoms with Crippen LogP contribution in [0.25, 0.3) is 33.7 Å². The Morgan fingerprint density at radius 1 is 1.16 bits per heavy atom. The van der Waals surface area contributed by atoms with Crippen molar-refractivity contribution in [2.75, 3.05) is 0 Å². The highest BCUT2D eigenvalue weighted by atomic mass is 16.5. The predicted molar refractivity (Wildman–Crippen MR) is 95.0 cm³/mol. The van der Waals surface area contributed by atoms with Crippen LogP contribution in [0.15, 0.2) is 64.3 Å². The lowest BCUT2D eigenvalue weighted by Crippen LogP contribution is -2.12. The molecule has 0 amide bonds. The molecule has 0 unspecified atom stereocenters. The first kappa shape index (κ1) is 15.3. The zero-order chi connectivity index (χ0) is 17.2. The van der Waals surface area contributed by atoms with Gasteiger partial charge in [0.1, 0.15) is 5.56 Å². The molecule has 0 aliphatic carbocycles. The van der Waals surface area contributed by atoms with Crippen molar-refractivity contribution in [2.45, 2.75) is 19.9 Å². The third kappa shape index (κ3) is 2.71. The monoisotopic (exact) mass is 332 g/mol. The maximum Gasteiger partial charge on any atom is 0.263 e. The average molecular weight is 332 g/mol. The lowest BCUT2D eigenvalue weighted by atomic mass is 10.1. The van der Waals surface area contributed by atoms with E-state index >= 15 is 0 Å². The minimum Gasteiger partial charge on any atom is -0.346 e. The Hall–Kier alpha value is -3.28. The van der Waals surface area contributed by atoms with Gasteiger partial charge in [0.25, 0.3) is 5.89 Å². The Morgan fingerprint density at radius 3 is 2.84 bits per heavy atom.